The number of hydrogen-bond acceptors (Lipinski definition) is 2. The van der Waals surface area contributed by atoms with Gasteiger partial charge in [0.15, 0.2) is 0 Å². The van der Waals surface area contributed by atoms with E-state index in [9.17, 15) is 4.21 Å². The lowest BCUT2D eigenvalue weighted by Gasteiger charge is -2.10. The van der Waals surface area contributed by atoms with Crippen molar-refractivity contribution in [3.63, 3.8) is 0 Å². The Labute approximate surface area is 104 Å². The van der Waals surface area contributed by atoms with Crippen LogP contribution in [0.15, 0.2) is 18.2 Å². The standard InChI is InChI=1S/C12H16ClNOS/c13-10-6-5-9(12(14)7-10)8-16(15)11-3-1-2-4-11/h5-7,11H,1-4,8,14H2. The average molecular weight is 258 g/mol. The zero-order chi connectivity index (χ0) is 11.5. The molecule has 88 valence electrons. The van der Waals surface area contributed by atoms with Crippen LogP contribution in [0.4, 0.5) is 5.69 Å². The lowest BCUT2D eigenvalue weighted by Crippen LogP contribution is -2.13. The number of benzene rings is 1. The first-order valence-electron chi connectivity index (χ1n) is 5.58. The van der Waals surface area contributed by atoms with E-state index in [1.165, 1.54) is 12.8 Å². The molecule has 0 aliphatic heterocycles. The molecule has 16 heavy (non-hydrogen) atoms. The highest BCUT2D eigenvalue weighted by atomic mass is 35.5. The molecule has 0 aromatic heterocycles. The molecule has 1 unspecified atom stereocenters. The minimum absolute atomic E-state index is 0.370. The van der Waals surface area contributed by atoms with Gasteiger partial charge in [0.2, 0.25) is 0 Å². The van der Waals surface area contributed by atoms with Crippen LogP contribution in [0, 0.1) is 0 Å². The SMILES string of the molecule is Nc1cc(Cl)ccc1CS(=O)C1CCCC1. The summed E-state index contributed by atoms with van der Waals surface area (Å²) >= 11 is 5.82. The molecule has 4 heteroatoms. The first-order valence-corrected chi connectivity index (χ1v) is 7.34. The van der Waals surface area contributed by atoms with Crippen LogP contribution in [0.1, 0.15) is 31.2 Å². The summed E-state index contributed by atoms with van der Waals surface area (Å²) in [6.07, 6.45) is 4.62. The number of nitrogens with two attached hydrogens (primary N) is 1. The second-order valence-electron chi connectivity index (χ2n) is 4.27. The minimum Gasteiger partial charge on any atom is -0.398 e. The molecule has 1 atom stereocenters. The summed E-state index contributed by atoms with van der Waals surface area (Å²) in [6, 6.07) is 5.41. The van der Waals surface area contributed by atoms with Crippen molar-refractivity contribution in [2.75, 3.05) is 5.73 Å². The molecular formula is C12H16ClNOS. The van der Waals surface area contributed by atoms with Crippen LogP contribution < -0.4 is 5.73 Å². The predicted octanol–water partition coefficient (Wildman–Crippen LogP) is 3.11. The Kier molecular flexibility index (Phi) is 3.87. The smallest absolute Gasteiger partial charge is 0.0508 e. The molecule has 0 amide bonds. The summed E-state index contributed by atoms with van der Waals surface area (Å²) in [5.74, 6) is 0.563. The average Bonchev–Trinajstić information content (AvgIpc) is 2.75. The lowest BCUT2D eigenvalue weighted by atomic mass is 10.2. The summed E-state index contributed by atoms with van der Waals surface area (Å²) in [5.41, 5.74) is 7.45. The third-order valence-corrected chi connectivity index (χ3v) is 5.13. The normalized spacial score (nSPS) is 18.8. The van der Waals surface area contributed by atoms with Gasteiger partial charge >= 0.3 is 0 Å². The van der Waals surface area contributed by atoms with Crippen LogP contribution in [-0.2, 0) is 16.6 Å². The summed E-state index contributed by atoms with van der Waals surface area (Å²) in [4.78, 5) is 0. The van der Waals surface area contributed by atoms with Gasteiger partial charge in [0.05, 0.1) is 5.75 Å². The molecule has 1 aromatic rings. The van der Waals surface area contributed by atoms with Crippen LogP contribution in [0.3, 0.4) is 0 Å². The van der Waals surface area contributed by atoms with Gasteiger partial charge in [-0.25, -0.2) is 0 Å². The molecule has 2 nitrogen and oxygen atoms in total. The largest absolute Gasteiger partial charge is 0.398 e. The van der Waals surface area contributed by atoms with Crippen molar-refractivity contribution in [3.05, 3.63) is 28.8 Å². The topological polar surface area (TPSA) is 43.1 Å². The summed E-state index contributed by atoms with van der Waals surface area (Å²) in [5, 5.41) is 1.00. The minimum atomic E-state index is -0.786. The first kappa shape index (κ1) is 11.9. The van der Waals surface area contributed by atoms with Gasteiger partial charge in [-0.05, 0) is 30.5 Å². The highest BCUT2D eigenvalue weighted by molar-refractivity contribution is 7.84. The maximum atomic E-state index is 12.1. The van der Waals surface area contributed by atoms with Gasteiger partial charge < -0.3 is 5.73 Å². The summed E-state index contributed by atoms with van der Waals surface area (Å²) in [7, 11) is -0.786. The molecule has 1 aromatic carbocycles. The molecular weight excluding hydrogens is 242 g/mol. The molecule has 1 aliphatic carbocycles. The van der Waals surface area contributed by atoms with Crippen LogP contribution in [0.25, 0.3) is 0 Å². The van der Waals surface area contributed by atoms with Gasteiger partial charge in [-0.3, -0.25) is 4.21 Å². The summed E-state index contributed by atoms with van der Waals surface area (Å²) in [6.45, 7) is 0. The van der Waals surface area contributed by atoms with Crippen molar-refractivity contribution in [1.29, 1.82) is 0 Å². The van der Waals surface area contributed by atoms with Gasteiger partial charge in [-0.2, -0.15) is 0 Å². The van der Waals surface area contributed by atoms with Gasteiger partial charge in [-0.15, -0.1) is 0 Å². The zero-order valence-corrected chi connectivity index (χ0v) is 10.7. The lowest BCUT2D eigenvalue weighted by molar-refractivity contribution is 0.668. The number of anilines is 1. The monoisotopic (exact) mass is 257 g/mol. The predicted molar refractivity (Wildman–Crippen MR) is 70.0 cm³/mol. The zero-order valence-electron chi connectivity index (χ0n) is 9.12. The second-order valence-corrected chi connectivity index (χ2v) is 6.43. The molecule has 1 aliphatic rings. The Balaban J connectivity index is 2.05. The van der Waals surface area contributed by atoms with Crippen molar-refractivity contribution in [1.82, 2.24) is 0 Å². The van der Waals surface area contributed by atoms with Crippen LogP contribution in [-0.4, -0.2) is 9.46 Å². The Morgan fingerprint density at radius 2 is 2.06 bits per heavy atom. The Hall–Kier alpha value is -0.540. The number of halogens is 1. The molecule has 0 radical (unpaired) electrons. The Bertz CT molecular complexity index is 402. The van der Waals surface area contributed by atoms with Gasteiger partial charge in [0, 0.05) is 26.8 Å². The molecule has 1 saturated carbocycles. The highest BCUT2D eigenvalue weighted by Gasteiger charge is 2.21. The molecule has 2 rings (SSSR count). The molecule has 0 spiro atoms. The van der Waals surface area contributed by atoms with E-state index in [0.29, 0.717) is 21.7 Å². The van der Waals surface area contributed by atoms with Gasteiger partial charge in [-0.1, -0.05) is 30.5 Å². The van der Waals surface area contributed by atoms with E-state index in [-0.39, 0.29) is 0 Å². The van der Waals surface area contributed by atoms with Gasteiger partial charge in [0.25, 0.3) is 0 Å². The number of nitrogen functional groups attached to an aromatic ring is 1. The van der Waals surface area contributed by atoms with Crippen LogP contribution in [0.2, 0.25) is 5.02 Å². The van der Waals surface area contributed by atoms with E-state index in [1.54, 1.807) is 12.1 Å². The third kappa shape index (κ3) is 2.77. The van der Waals surface area contributed by atoms with Crippen molar-refractivity contribution in [3.8, 4) is 0 Å². The highest BCUT2D eigenvalue weighted by Crippen LogP contribution is 2.26. The van der Waals surface area contributed by atoms with E-state index in [0.717, 1.165) is 18.4 Å². The molecule has 0 bridgehead atoms. The van der Waals surface area contributed by atoms with Crippen LogP contribution >= 0.6 is 11.6 Å². The number of hydrogen-bond donors (Lipinski definition) is 1. The van der Waals surface area contributed by atoms with E-state index in [4.69, 9.17) is 17.3 Å². The summed E-state index contributed by atoms with van der Waals surface area (Å²) < 4.78 is 12.1. The molecule has 0 heterocycles. The van der Waals surface area contributed by atoms with Crippen molar-refractivity contribution < 1.29 is 4.21 Å². The number of rotatable bonds is 3. The fourth-order valence-corrected chi connectivity index (χ4v) is 3.96. The van der Waals surface area contributed by atoms with Gasteiger partial charge in [0.1, 0.15) is 0 Å². The molecule has 2 N–H and O–H groups in total. The van der Waals surface area contributed by atoms with E-state index < -0.39 is 10.8 Å². The Morgan fingerprint density at radius 1 is 1.38 bits per heavy atom. The van der Waals surface area contributed by atoms with Crippen LogP contribution in [0.5, 0.6) is 0 Å². The van der Waals surface area contributed by atoms with Crippen molar-refractivity contribution in [2.45, 2.75) is 36.7 Å². The second kappa shape index (κ2) is 5.19. The maximum Gasteiger partial charge on any atom is 0.0508 e. The third-order valence-electron chi connectivity index (χ3n) is 3.08. The quantitative estimate of drug-likeness (QED) is 0.846. The van der Waals surface area contributed by atoms with E-state index >= 15 is 0 Å². The fraction of sp³-hybridized carbons (Fsp3) is 0.500. The maximum absolute atomic E-state index is 12.1. The first-order chi connectivity index (χ1) is 7.66. The van der Waals surface area contributed by atoms with Crippen molar-refractivity contribution >= 4 is 28.1 Å². The van der Waals surface area contributed by atoms with E-state index in [2.05, 4.69) is 0 Å². The van der Waals surface area contributed by atoms with E-state index in [1.807, 2.05) is 6.07 Å². The fourth-order valence-electron chi connectivity index (χ4n) is 2.12. The van der Waals surface area contributed by atoms with Crippen molar-refractivity contribution in [2.24, 2.45) is 0 Å². The molecule has 1 fully saturated rings. The Morgan fingerprint density at radius 3 is 2.69 bits per heavy atom. The molecule has 0 saturated heterocycles.